The van der Waals surface area contributed by atoms with Crippen molar-refractivity contribution in [3.8, 4) is 0 Å². The summed E-state index contributed by atoms with van der Waals surface area (Å²) in [6, 6.07) is 18.8. The van der Waals surface area contributed by atoms with Crippen LogP contribution in [0.5, 0.6) is 0 Å². The van der Waals surface area contributed by atoms with Crippen molar-refractivity contribution in [2.24, 2.45) is 4.99 Å². The monoisotopic (exact) mass is 297 g/mol. The van der Waals surface area contributed by atoms with E-state index in [0.29, 0.717) is 11.9 Å². The topological polar surface area (TPSA) is 21.6 Å². The van der Waals surface area contributed by atoms with Crippen molar-refractivity contribution < 1.29 is 4.74 Å². The minimum absolute atomic E-state index is 0.110. The summed E-state index contributed by atoms with van der Waals surface area (Å²) in [5.74, 6) is 0.771. The lowest BCUT2D eigenvalue weighted by Gasteiger charge is -2.10. The van der Waals surface area contributed by atoms with Gasteiger partial charge in [0.25, 0.3) is 0 Å². The Labute approximate surface area is 130 Å². The highest BCUT2D eigenvalue weighted by molar-refractivity contribution is 8.00. The van der Waals surface area contributed by atoms with Gasteiger partial charge in [-0.2, -0.15) is 0 Å². The lowest BCUT2D eigenvalue weighted by atomic mass is 10.1. The highest BCUT2D eigenvalue weighted by atomic mass is 32.2. The van der Waals surface area contributed by atoms with Crippen molar-refractivity contribution in [1.82, 2.24) is 0 Å². The molecule has 2 aromatic carbocycles. The van der Waals surface area contributed by atoms with Crippen molar-refractivity contribution in [3.05, 3.63) is 65.7 Å². The number of hydrogen-bond donors (Lipinski definition) is 0. The van der Waals surface area contributed by atoms with Crippen LogP contribution in [-0.4, -0.2) is 17.8 Å². The molecule has 0 saturated carbocycles. The lowest BCUT2D eigenvalue weighted by Crippen LogP contribution is -2.03. The van der Waals surface area contributed by atoms with Crippen molar-refractivity contribution in [1.29, 1.82) is 0 Å². The number of aliphatic imine (C=N–C) groups is 1. The van der Waals surface area contributed by atoms with Gasteiger partial charge in [-0.15, -0.1) is 11.8 Å². The molecule has 21 heavy (non-hydrogen) atoms. The van der Waals surface area contributed by atoms with Gasteiger partial charge in [0, 0.05) is 15.7 Å². The van der Waals surface area contributed by atoms with Crippen molar-refractivity contribution in [2.75, 3.05) is 6.61 Å². The van der Waals surface area contributed by atoms with Crippen molar-refractivity contribution in [2.45, 2.75) is 30.0 Å². The average molecular weight is 297 g/mol. The Hall–Kier alpha value is -1.74. The smallest absolute Gasteiger partial charge is 0.218 e. The highest BCUT2D eigenvalue weighted by Crippen LogP contribution is 2.31. The van der Waals surface area contributed by atoms with E-state index in [9.17, 15) is 0 Å². The van der Waals surface area contributed by atoms with Gasteiger partial charge >= 0.3 is 0 Å². The molecule has 0 aliphatic carbocycles. The SMILES string of the molecule is CC(C)Sc1ccccc1C1=N[C@H](c2ccccc2)CO1. The molecule has 0 bridgehead atoms. The van der Waals surface area contributed by atoms with E-state index in [1.807, 2.05) is 36.0 Å². The maximum atomic E-state index is 5.86. The zero-order valence-electron chi connectivity index (χ0n) is 12.3. The molecule has 0 unspecified atom stereocenters. The second kappa shape index (κ2) is 6.35. The van der Waals surface area contributed by atoms with E-state index in [1.165, 1.54) is 10.5 Å². The first kappa shape index (κ1) is 14.2. The Kier molecular flexibility index (Phi) is 4.30. The van der Waals surface area contributed by atoms with Gasteiger partial charge in [0.15, 0.2) is 0 Å². The molecule has 0 N–H and O–H groups in total. The Bertz CT molecular complexity index is 637. The molecule has 0 aromatic heterocycles. The van der Waals surface area contributed by atoms with E-state index in [-0.39, 0.29) is 6.04 Å². The first-order valence-corrected chi connectivity index (χ1v) is 8.13. The molecule has 0 amide bonds. The van der Waals surface area contributed by atoms with Gasteiger partial charge in [-0.3, -0.25) is 0 Å². The van der Waals surface area contributed by atoms with Gasteiger partial charge in [-0.05, 0) is 17.7 Å². The van der Waals surface area contributed by atoms with Crippen LogP contribution in [0.2, 0.25) is 0 Å². The number of hydrogen-bond acceptors (Lipinski definition) is 3. The molecule has 0 radical (unpaired) electrons. The maximum Gasteiger partial charge on any atom is 0.218 e. The van der Waals surface area contributed by atoms with E-state index >= 15 is 0 Å². The summed E-state index contributed by atoms with van der Waals surface area (Å²) in [4.78, 5) is 6.01. The van der Waals surface area contributed by atoms with E-state index in [4.69, 9.17) is 9.73 Å². The molecular weight excluding hydrogens is 278 g/mol. The zero-order valence-corrected chi connectivity index (χ0v) is 13.1. The second-order valence-electron chi connectivity index (χ2n) is 5.33. The van der Waals surface area contributed by atoms with Crippen LogP contribution in [0.3, 0.4) is 0 Å². The molecule has 1 atom stereocenters. The largest absolute Gasteiger partial charge is 0.475 e. The number of nitrogens with zero attached hydrogens (tertiary/aromatic N) is 1. The molecule has 3 heteroatoms. The fourth-order valence-electron chi connectivity index (χ4n) is 2.37. The number of ether oxygens (including phenoxy) is 1. The number of thioether (sulfide) groups is 1. The third-order valence-corrected chi connectivity index (χ3v) is 4.40. The van der Waals surface area contributed by atoms with Crippen LogP contribution in [0.25, 0.3) is 0 Å². The molecular formula is C18H19NOS. The molecule has 1 aliphatic rings. The summed E-state index contributed by atoms with van der Waals surface area (Å²) in [6.45, 7) is 5.02. The molecule has 1 heterocycles. The zero-order chi connectivity index (χ0) is 14.7. The van der Waals surface area contributed by atoms with Crippen LogP contribution in [-0.2, 0) is 4.74 Å². The summed E-state index contributed by atoms with van der Waals surface area (Å²) >= 11 is 1.85. The van der Waals surface area contributed by atoms with Crippen LogP contribution >= 0.6 is 11.8 Å². The molecule has 2 aromatic rings. The van der Waals surface area contributed by atoms with Gasteiger partial charge in [0.05, 0.1) is 0 Å². The van der Waals surface area contributed by atoms with Crippen LogP contribution in [0.15, 0.2) is 64.5 Å². The minimum Gasteiger partial charge on any atom is -0.475 e. The standard InChI is InChI=1S/C18H19NOS/c1-13(2)21-17-11-7-6-10-15(17)18-19-16(12-20-18)14-8-4-3-5-9-14/h3-11,13,16H,12H2,1-2H3/t16-/m0/s1. The third-order valence-electron chi connectivity index (χ3n) is 3.32. The normalized spacial score (nSPS) is 17.7. The fourth-order valence-corrected chi connectivity index (χ4v) is 3.31. The van der Waals surface area contributed by atoms with Crippen molar-refractivity contribution in [3.63, 3.8) is 0 Å². The summed E-state index contributed by atoms with van der Waals surface area (Å²) in [5.41, 5.74) is 2.32. The Balaban J connectivity index is 1.88. The van der Waals surface area contributed by atoms with E-state index in [2.05, 4.69) is 44.2 Å². The highest BCUT2D eigenvalue weighted by Gasteiger charge is 2.23. The summed E-state index contributed by atoms with van der Waals surface area (Å²) < 4.78 is 5.86. The van der Waals surface area contributed by atoms with Gasteiger partial charge in [-0.25, -0.2) is 4.99 Å². The molecule has 1 aliphatic heterocycles. The van der Waals surface area contributed by atoms with Crippen LogP contribution in [0.4, 0.5) is 0 Å². The second-order valence-corrected chi connectivity index (χ2v) is 6.95. The van der Waals surface area contributed by atoms with Crippen LogP contribution < -0.4 is 0 Å². The minimum atomic E-state index is 0.110. The van der Waals surface area contributed by atoms with Gasteiger partial charge in [-0.1, -0.05) is 56.3 Å². The Morgan fingerprint density at radius 2 is 1.76 bits per heavy atom. The summed E-state index contributed by atoms with van der Waals surface area (Å²) in [5, 5.41) is 0.540. The predicted molar refractivity (Wildman–Crippen MR) is 89.1 cm³/mol. The number of benzene rings is 2. The van der Waals surface area contributed by atoms with Gasteiger partial charge in [0.1, 0.15) is 12.6 Å². The van der Waals surface area contributed by atoms with E-state index in [1.54, 1.807) is 0 Å². The first-order valence-electron chi connectivity index (χ1n) is 7.25. The number of rotatable bonds is 4. The summed E-state index contributed by atoms with van der Waals surface area (Å²) in [6.07, 6.45) is 0. The predicted octanol–water partition coefficient (Wildman–Crippen LogP) is 4.71. The quantitative estimate of drug-likeness (QED) is 0.763. The maximum absolute atomic E-state index is 5.86. The molecule has 0 fully saturated rings. The molecule has 108 valence electrons. The molecule has 0 saturated heterocycles. The first-order chi connectivity index (χ1) is 10.2. The van der Waals surface area contributed by atoms with Crippen molar-refractivity contribution >= 4 is 17.7 Å². The van der Waals surface area contributed by atoms with Crippen LogP contribution in [0.1, 0.15) is 31.0 Å². The van der Waals surface area contributed by atoms with E-state index in [0.717, 1.165) is 11.5 Å². The summed E-state index contributed by atoms with van der Waals surface area (Å²) in [7, 11) is 0. The van der Waals surface area contributed by atoms with E-state index < -0.39 is 0 Å². The molecule has 0 spiro atoms. The van der Waals surface area contributed by atoms with Gasteiger partial charge in [0.2, 0.25) is 5.90 Å². The Morgan fingerprint density at radius 1 is 1.05 bits per heavy atom. The Morgan fingerprint density at radius 3 is 2.52 bits per heavy atom. The van der Waals surface area contributed by atoms with Gasteiger partial charge < -0.3 is 4.74 Å². The van der Waals surface area contributed by atoms with Crippen LogP contribution in [0, 0.1) is 0 Å². The third kappa shape index (κ3) is 3.30. The molecule has 2 nitrogen and oxygen atoms in total. The average Bonchev–Trinajstić information content (AvgIpc) is 2.98. The lowest BCUT2D eigenvalue weighted by molar-refractivity contribution is 0.319. The molecule has 3 rings (SSSR count). The fraction of sp³-hybridized carbons (Fsp3) is 0.278.